The van der Waals surface area contributed by atoms with E-state index < -0.39 is 0 Å². The number of carbonyl (C=O) groups excluding carboxylic acids is 1. The molecule has 3 heterocycles. The van der Waals surface area contributed by atoms with Crippen molar-refractivity contribution in [1.29, 1.82) is 0 Å². The summed E-state index contributed by atoms with van der Waals surface area (Å²) in [7, 11) is 0. The number of para-hydroxylation sites is 1. The molecule has 144 valence electrons. The van der Waals surface area contributed by atoms with E-state index in [4.69, 9.17) is 0 Å². The Kier molecular flexibility index (Phi) is 5.30. The minimum atomic E-state index is 0.127. The van der Waals surface area contributed by atoms with E-state index in [2.05, 4.69) is 55.9 Å². The third-order valence-electron chi connectivity index (χ3n) is 5.40. The smallest absolute Gasteiger partial charge is 0.225 e. The molecule has 0 N–H and O–H groups in total. The first-order valence-electron chi connectivity index (χ1n) is 9.75. The summed E-state index contributed by atoms with van der Waals surface area (Å²) in [4.78, 5) is 29.4. The molecule has 1 aliphatic heterocycles. The molecule has 1 unspecified atom stereocenters. The summed E-state index contributed by atoms with van der Waals surface area (Å²) in [5.74, 6) is 0.869. The molecule has 1 fully saturated rings. The van der Waals surface area contributed by atoms with E-state index in [0.717, 1.165) is 43.2 Å². The Bertz CT molecular complexity index is 959. The standard InChI is InChI=1S/C22H25N5O/c1-16(28)13-18-14-24-22(25-15-18)27-11-9-26(10-12-27)17(2)20-7-3-5-19-6-4-8-23-21(19)20/h3-8,14-15,17H,9-13H2,1-2H3. The van der Waals surface area contributed by atoms with Gasteiger partial charge in [0.1, 0.15) is 5.78 Å². The Balaban J connectivity index is 1.43. The number of ketones is 1. The molecule has 28 heavy (non-hydrogen) atoms. The Hall–Kier alpha value is -2.86. The van der Waals surface area contributed by atoms with E-state index >= 15 is 0 Å². The first-order valence-corrected chi connectivity index (χ1v) is 9.75. The normalized spacial score (nSPS) is 16.3. The fraction of sp³-hybridized carbons (Fsp3) is 0.364. The van der Waals surface area contributed by atoms with Crippen molar-refractivity contribution in [2.75, 3.05) is 31.1 Å². The number of benzene rings is 1. The Morgan fingerprint density at radius 3 is 2.46 bits per heavy atom. The number of fused-ring (bicyclic) bond motifs is 1. The number of pyridine rings is 1. The second-order valence-corrected chi connectivity index (χ2v) is 7.39. The monoisotopic (exact) mass is 375 g/mol. The lowest BCUT2D eigenvalue weighted by atomic mass is 10.0. The van der Waals surface area contributed by atoms with Crippen LogP contribution in [-0.2, 0) is 11.2 Å². The van der Waals surface area contributed by atoms with Crippen molar-refractivity contribution in [2.45, 2.75) is 26.3 Å². The lowest BCUT2D eigenvalue weighted by Crippen LogP contribution is -2.47. The second kappa shape index (κ2) is 8.02. The summed E-state index contributed by atoms with van der Waals surface area (Å²) in [6, 6.07) is 10.8. The van der Waals surface area contributed by atoms with Crippen molar-refractivity contribution in [1.82, 2.24) is 19.9 Å². The number of piperazine rings is 1. The Morgan fingerprint density at radius 2 is 1.75 bits per heavy atom. The van der Waals surface area contributed by atoms with E-state index in [1.165, 1.54) is 10.9 Å². The molecule has 3 aromatic rings. The van der Waals surface area contributed by atoms with Gasteiger partial charge in [0.05, 0.1) is 5.52 Å². The minimum absolute atomic E-state index is 0.127. The number of Topliss-reactive ketones (excluding diaryl/α,β-unsaturated/α-hetero) is 1. The maximum absolute atomic E-state index is 11.2. The van der Waals surface area contributed by atoms with Gasteiger partial charge in [0, 0.05) is 62.6 Å². The molecular weight excluding hydrogens is 350 g/mol. The lowest BCUT2D eigenvalue weighted by Gasteiger charge is -2.38. The fourth-order valence-corrected chi connectivity index (χ4v) is 3.86. The summed E-state index contributed by atoms with van der Waals surface area (Å²) in [5, 5.41) is 1.18. The SMILES string of the molecule is CC(=O)Cc1cnc(N2CCN(C(C)c3cccc4cccnc34)CC2)nc1. The average molecular weight is 375 g/mol. The number of hydrogen-bond acceptors (Lipinski definition) is 6. The van der Waals surface area contributed by atoms with E-state index in [0.29, 0.717) is 12.5 Å². The molecule has 1 saturated heterocycles. The van der Waals surface area contributed by atoms with Crippen LogP contribution in [0.25, 0.3) is 10.9 Å². The van der Waals surface area contributed by atoms with Gasteiger partial charge in [0.25, 0.3) is 0 Å². The van der Waals surface area contributed by atoms with Crippen LogP contribution >= 0.6 is 0 Å². The van der Waals surface area contributed by atoms with Crippen LogP contribution < -0.4 is 4.90 Å². The van der Waals surface area contributed by atoms with Gasteiger partial charge in [-0.2, -0.15) is 0 Å². The molecule has 1 atom stereocenters. The largest absolute Gasteiger partial charge is 0.338 e. The van der Waals surface area contributed by atoms with E-state index in [-0.39, 0.29) is 5.78 Å². The summed E-state index contributed by atoms with van der Waals surface area (Å²) >= 11 is 0. The number of aromatic nitrogens is 3. The fourth-order valence-electron chi connectivity index (χ4n) is 3.86. The van der Waals surface area contributed by atoms with Crippen LogP contribution in [-0.4, -0.2) is 51.8 Å². The zero-order chi connectivity index (χ0) is 19.5. The molecule has 0 spiro atoms. The molecule has 4 rings (SSSR count). The third kappa shape index (κ3) is 3.87. The van der Waals surface area contributed by atoms with Crippen LogP contribution in [0.15, 0.2) is 48.9 Å². The van der Waals surface area contributed by atoms with Crippen molar-refractivity contribution in [3.8, 4) is 0 Å². The first kappa shape index (κ1) is 18.5. The van der Waals surface area contributed by atoms with Gasteiger partial charge in [-0.15, -0.1) is 0 Å². The van der Waals surface area contributed by atoms with Crippen LogP contribution in [0.1, 0.15) is 31.0 Å². The zero-order valence-electron chi connectivity index (χ0n) is 16.4. The van der Waals surface area contributed by atoms with Crippen molar-refractivity contribution >= 4 is 22.6 Å². The third-order valence-corrected chi connectivity index (χ3v) is 5.40. The highest BCUT2D eigenvalue weighted by Crippen LogP contribution is 2.27. The quantitative estimate of drug-likeness (QED) is 0.683. The summed E-state index contributed by atoms with van der Waals surface area (Å²) in [6.07, 6.45) is 5.79. The Labute approximate surface area is 165 Å². The van der Waals surface area contributed by atoms with Crippen molar-refractivity contribution in [3.05, 3.63) is 60.0 Å². The van der Waals surface area contributed by atoms with Gasteiger partial charge < -0.3 is 4.90 Å². The van der Waals surface area contributed by atoms with Crippen LogP contribution in [0.4, 0.5) is 5.95 Å². The minimum Gasteiger partial charge on any atom is -0.338 e. The van der Waals surface area contributed by atoms with Gasteiger partial charge in [0.2, 0.25) is 5.95 Å². The molecule has 6 nitrogen and oxygen atoms in total. The maximum atomic E-state index is 11.2. The van der Waals surface area contributed by atoms with Gasteiger partial charge in [-0.3, -0.25) is 14.7 Å². The molecule has 6 heteroatoms. The van der Waals surface area contributed by atoms with Crippen molar-refractivity contribution in [2.24, 2.45) is 0 Å². The van der Waals surface area contributed by atoms with Crippen LogP contribution in [0.2, 0.25) is 0 Å². The highest BCUT2D eigenvalue weighted by molar-refractivity contribution is 5.82. The molecule has 0 aliphatic carbocycles. The zero-order valence-corrected chi connectivity index (χ0v) is 16.4. The highest BCUT2D eigenvalue weighted by atomic mass is 16.1. The number of hydrogen-bond donors (Lipinski definition) is 0. The van der Waals surface area contributed by atoms with Gasteiger partial charge in [0.15, 0.2) is 0 Å². The number of carbonyl (C=O) groups is 1. The van der Waals surface area contributed by atoms with Gasteiger partial charge in [-0.1, -0.05) is 24.3 Å². The van der Waals surface area contributed by atoms with Gasteiger partial charge in [-0.25, -0.2) is 9.97 Å². The topological polar surface area (TPSA) is 62.2 Å². The molecular formula is C22H25N5O. The van der Waals surface area contributed by atoms with E-state index in [1.807, 2.05) is 12.3 Å². The summed E-state index contributed by atoms with van der Waals surface area (Å²) < 4.78 is 0. The average Bonchev–Trinajstić information content (AvgIpc) is 2.73. The predicted octanol–water partition coefficient (Wildman–Crippen LogP) is 3.04. The number of anilines is 1. The van der Waals surface area contributed by atoms with Crippen LogP contribution in [0, 0.1) is 0 Å². The summed E-state index contributed by atoms with van der Waals surface area (Å²) in [5.41, 5.74) is 3.23. The Morgan fingerprint density at radius 1 is 1.04 bits per heavy atom. The number of rotatable bonds is 5. The maximum Gasteiger partial charge on any atom is 0.225 e. The molecule has 1 aliphatic rings. The van der Waals surface area contributed by atoms with Gasteiger partial charge >= 0.3 is 0 Å². The predicted molar refractivity (Wildman–Crippen MR) is 110 cm³/mol. The van der Waals surface area contributed by atoms with E-state index in [1.54, 1.807) is 19.3 Å². The van der Waals surface area contributed by atoms with Gasteiger partial charge in [-0.05, 0) is 31.0 Å². The van der Waals surface area contributed by atoms with E-state index in [9.17, 15) is 4.79 Å². The lowest BCUT2D eigenvalue weighted by molar-refractivity contribution is -0.116. The molecule has 1 aromatic carbocycles. The first-order chi connectivity index (χ1) is 13.6. The van der Waals surface area contributed by atoms with Crippen molar-refractivity contribution < 1.29 is 4.79 Å². The van der Waals surface area contributed by atoms with Crippen molar-refractivity contribution in [3.63, 3.8) is 0 Å². The second-order valence-electron chi connectivity index (χ2n) is 7.39. The molecule has 0 bridgehead atoms. The molecule has 0 amide bonds. The summed E-state index contributed by atoms with van der Waals surface area (Å²) in [6.45, 7) is 7.50. The van der Waals surface area contributed by atoms with Crippen LogP contribution in [0.3, 0.4) is 0 Å². The molecule has 2 aromatic heterocycles. The highest BCUT2D eigenvalue weighted by Gasteiger charge is 2.24. The molecule has 0 radical (unpaired) electrons. The molecule has 0 saturated carbocycles. The number of nitrogens with zero attached hydrogens (tertiary/aromatic N) is 5. The van der Waals surface area contributed by atoms with Crippen LogP contribution in [0.5, 0.6) is 0 Å².